The van der Waals surface area contributed by atoms with Gasteiger partial charge in [0.25, 0.3) is 0 Å². The maximum atomic E-state index is 4.53. The van der Waals surface area contributed by atoms with Gasteiger partial charge in [-0.2, -0.15) is 4.98 Å². The molecular weight excluding hydrogens is 236 g/mol. The fraction of sp³-hybridized carbons (Fsp3) is 0.733. The highest BCUT2D eigenvalue weighted by Gasteiger charge is 2.13. The van der Waals surface area contributed by atoms with Crippen molar-refractivity contribution in [1.29, 1.82) is 0 Å². The fourth-order valence-electron chi connectivity index (χ4n) is 2.45. The quantitative estimate of drug-likeness (QED) is 0.821. The van der Waals surface area contributed by atoms with E-state index in [9.17, 15) is 0 Å². The first-order valence-corrected chi connectivity index (χ1v) is 7.57. The van der Waals surface area contributed by atoms with Crippen LogP contribution in [0.5, 0.6) is 0 Å². The molecule has 2 rings (SSSR count). The van der Waals surface area contributed by atoms with Gasteiger partial charge in [0.05, 0.1) is 0 Å². The summed E-state index contributed by atoms with van der Waals surface area (Å²) in [5, 5.41) is 6.82. The van der Waals surface area contributed by atoms with E-state index in [1.54, 1.807) is 0 Å². The lowest BCUT2D eigenvalue weighted by molar-refractivity contribution is 0.461. The molecule has 0 amide bonds. The van der Waals surface area contributed by atoms with Gasteiger partial charge < -0.3 is 10.6 Å². The minimum Gasteiger partial charge on any atom is -0.370 e. The van der Waals surface area contributed by atoms with Gasteiger partial charge in [-0.15, -0.1) is 0 Å². The molecule has 1 aromatic heterocycles. The largest absolute Gasteiger partial charge is 0.370 e. The number of hydrogen-bond donors (Lipinski definition) is 2. The summed E-state index contributed by atoms with van der Waals surface area (Å²) < 4.78 is 0. The molecule has 1 saturated carbocycles. The molecule has 106 valence electrons. The standard InChI is InChI=1S/C15H26N4/c1-12(2)8-10-16-14-9-11-17-15(19-14)18-13-6-4-3-5-7-13/h9,11-13H,3-8,10H2,1-2H3,(H2,16,17,18,19). The van der Waals surface area contributed by atoms with Crippen molar-refractivity contribution in [3.05, 3.63) is 12.3 Å². The van der Waals surface area contributed by atoms with E-state index in [-0.39, 0.29) is 0 Å². The van der Waals surface area contributed by atoms with Crippen molar-refractivity contribution in [1.82, 2.24) is 9.97 Å². The normalized spacial score (nSPS) is 16.6. The third kappa shape index (κ3) is 5.05. The Hall–Kier alpha value is -1.32. The summed E-state index contributed by atoms with van der Waals surface area (Å²) in [6, 6.07) is 2.49. The van der Waals surface area contributed by atoms with E-state index in [2.05, 4.69) is 34.4 Å². The van der Waals surface area contributed by atoms with Crippen LogP contribution in [0.25, 0.3) is 0 Å². The third-order valence-electron chi connectivity index (χ3n) is 3.62. The van der Waals surface area contributed by atoms with Crippen LogP contribution in [0.15, 0.2) is 12.3 Å². The molecule has 0 bridgehead atoms. The van der Waals surface area contributed by atoms with Crippen LogP contribution >= 0.6 is 0 Å². The summed E-state index contributed by atoms with van der Waals surface area (Å²) in [6.07, 6.45) is 9.50. The second-order valence-corrected chi connectivity index (χ2v) is 5.85. The van der Waals surface area contributed by atoms with Gasteiger partial charge in [0, 0.05) is 18.8 Å². The smallest absolute Gasteiger partial charge is 0.224 e. The zero-order valence-electron chi connectivity index (χ0n) is 12.2. The molecular formula is C15H26N4. The predicted octanol–water partition coefficient (Wildman–Crippen LogP) is 3.68. The van der Waals surface area contributed by atoms with E-state index in [4.69, 9.17) is 0 Å². The summed E-state index contributed by atoms with van der Waals surface area (Å²) in [7, 11) is 0. The summed E-state index contributed by atoms with van der Waals surface area (Å²) in [5.74, 6) is 2.41. The zero-order valence-corrected chi connectivity index (χ0v) is 12.2. The zero-order chi connectivity index (χ0) is 13.5. The van der Waals surface area contributed by atoms with Crippen LogP contribution in [-0.2, 0) is 0 Å². The molecule has 19 heavy (non-hydrogen) atoms. The number of nitrogens with zero attached hydrogens (tertiary/aromatic N) is 2. The van der Waals surface area contributed by atoms with Gasteiger partial charge in [0.2, 0.25) is 5.95 Å². The molecule has 0 atom stereocenters. The van der Waals surface area contributed by atoms with E-state index in [0.29, 0.717) is 12.0 Å². The second-order valence-electron chi connectivity index (χ2n) is 5.85. The second kappa shape index (κ2) is 7.31. The minimum absolute atomic E-state index is 0.555. The highest BCUT2D eigenvalue weighted by molar-refractivity contribution is 5.39. The third-order valence-corrected chi connectivity index (χ3v) is 3.62. The van der Waals surface area contributed by atoms with E-state index >= 15 is 0 Å². The highest BCUT2D eigenvalue weighted by Crippen LogP contribution is 2.20. The van der Waals surface area contributed by atoms with E-state index < -0.39 is 0 Å². The molecule has 4 heteroatoms. The number of nitrogens with one attached hydrogen (secondary N) is 2. The maximum absolute atomic E-state index is 4.53. The summed E-state index contributed by atoms with van der Waals surface area (Å²) in [4.78, 5) is 8.84. The summed E-state index contributed by atoms with van der Waals surface area (Å²) in [6.45, 7) is 5.44. The Balaban J connectivity index is 1.83. The monoisotopic (exact) mass is 262 g/mol. The maximum Gasteiger partial charge on any atom is 0.224 e. The Kier molecular flexibility index (Phi) is 5.43. The molecule has 0 aromatic carbocycles. The van der Waals surface area contributed by atoms with Crippen LogP contribution in [-0.4, -0.2) is 22.6 Å². The van der Waals surface area contributed by atoms with Crippen molar-refractivity contribution in [2.45, 2.75) is 58.4 Å². The molecule has 0 saturated heterocycles. The van der Waals surface area contributed by atoms with Gasteiger partial charge >= 0.3 is 0 Å². The summed E-state index contributed by atoms with van der Waals surface area (Å²) >= 11 is 0. The number of rotatable bonds is 6. The summed E-state index contributed by atoms with van der Waals surface area (Å²) in [5.41, 5.74) is 0. The molecule has 1 heterocycles. The Bertz CT molecular complexity index is 372. The Morgan fingerprint density at radius 2 is 2.05 bits per heavy atom. The number of aromatic nitrogens is 2. The van der Waals surface area contributed by atoms with Crippen LogP contribution in [0.2, 0.25) is 0 Å². The van der Waals surface area contributed by atoms with Crippen molar-refractivity contribution in [2.24, 2.45) is 5.92 Å². The van der Waals surface area contributed by atoms with E-state index in [1.807, 2.05) is 12.3 Å². The van der Waals surface area contributed by atoms with Gasteiger partial charge in [-0.3, -0.25) is 0 Å². The number of hydrogen-bond acceptors (Lipinski definition) is 4. The average molecular weight is 262 g/mol. The molecule has 0 aliphatic heterocycles. The van der Waals surface area contributed by atoms with Gasteiger partial charge in [-0.1, -0.05) is 33.1 Å². The topological polar surface area (TPSA) is 49.8 Å². The fourth-order valence-corrected chi connectivity index (χ4v) is 2.45. The first-order chi connectivity index (χ1) is 9.24. The molecule has 1 aliphatic rings. The predicted molar refractivity (Wildman–Crippen MR) is 80.5 cm³/mol. The van der Waals surface area contributed by atoms with Crippen molar-refractivity contribution in [3.8, 4) is 0 Å². The average Bonchev–Trinajstić information content (AvgIpc) is 2.40. The van der Waals surface area contributed by atoms with E-state index in [1.165, 1.54) is 32.1 Å². The molecule has 1 fully saturated rings. The van der Waals surface area contributed by atoms with Crippen LogP contribution < -0.4 is 10.6 Å². The van der Waals surface area contributed by atoms with Crippen molar-refractivity contribution in [3.63, 3.8) is 0 Å². The number of anilines is 2. The van der Waals surface area contributed by atoms with Gasteiger partial charge in [0.15, 0.2) is 0 Å². The first kappa shape index (κ1) is 14.1. The molecule has 0 radical (unpaired) electrons. The molecule has 1 aliphatic carbocycles. The van der Waals surface area contributed by atoms with Gasteiger partial charge in [0.1, 0.15) is 5.82 Å². The van der Waals surface area contributed by atoms with E-state index in [0.717, 1.165) is 24.7 Å². The molecule has 1 aromatic rings. The van der Waals surface area contributed by atoms with Crippen LogP contribution in [0.1, 0.15) is 52.4 Å². The minimum atomic E-state index is 0.555. The Morgan fingerprint density at radius 3 is 2.79 bits per heavy atom. The molecule has 4 nitrogen and oxygen atoms in total. The molecule has 0 unspecified atom stereocenters. The lowest BCUT2D eigenvalue weighted by Gasteiger charge is -2.22. The highest BCUT2D eigenvalue weighted by atomic mass is 15.1. The Morgan fingerprint density at radius 1 is 1.26 bits per heavy atom. The van der Waals surface area contributed by atoms with Crippen molar-refractivity contribution in [2.75, 3.05) is 17.2 Å². The molecule has 0 spiro atoms. The Labute approximate surface area is 116 Å². The van der Waals surface area contributed by atoms with Crippen LogP contribution in [0.4, 0.5) is 11.8 Å². The van der Waals surface area contributed by atoms with Crippen molar-refractivity contribution >= 4 is 11.8 Å². The SMILES string of the molecule is CC(C)CCNc1ccnc(NC2CCCCC2)n1. The van der Waals surface area contributed by atoms with Gasteiger partial charge in [-0.25, -0.2) is 4.98 Å². The lowest BCUT2D eigenvalue weighted by Crippen LogP contribution is -2.23. The van der Waals surface area contributed by atoms with Gasteiger partial charge in [-0.05, 0) is 31.2 Å². The first-order valence-electron chi connectivity index (χ1n) is 7.57. The van der Waals surface area contributed by atoms with Crippen LogP contribution in [0, 0.1) is 5.92 Å². The van der Waals surface area contributed by atoms with Crippen LogP contribution in [0.3, 0.4) is 0 Å². The van der Waals surface area contributed by atoms with Crippen molar-refractivity contribution < 1.29 is 0 Å². The lowest BCUT2D eigenvalue weighted by atomic mass is 9.96. The molecule has 2 N–H and O–H groups in total.